The molecule has 0 unspecified atom stereocenters. The Labute approximate surface area is 176 Å². The maximum absolute atomic E-state index is 6.12. The van der Waals surface area contributed by atoms with E-state index >= 15 is 0 Å². The van der Waals surface area contributed by atoms with Crippen LogP contribution in [0.2, 0.25) is 5.02 Å². The molecule has 29 heavy (non-hydrogen) atoms. The molecule has 0 atom stereocenters. The van der Waals surface area contributed by atoms with Crippen LogP contribution in [0.15, 0.2) is 91.0 Å². The highest BCUT2D eigenvalue weighted by molar-refractivity contribution is 6.32. The molecule has 0 amide bonds. The van der Waals surface area contributed by atoms with Gasteiger partial charge in [-0.25, -0.2) is 0 Å². The summed E-state index contributed by atoms with van der Waals surface area (Å²) in [4.78, 5) is 0. The van der Waals surface area contributed by atoms with Gasteiger partial charge in [0.2, 0.25) is 0 Å². The van der Waals surface area contributed by atoms with Crippen molar-refractivity contribution in [3.8, 4) is 35.7 Å². The van der Waals surface area contributed by atoms with Crippen LogP contribution in [-0.2, 0) is 0 Å². The molecule has 0 aliphatic carbocycles. The van der Waals surface area contributed by atoms with Crippen molar-refractivity contribution in [3.05, 3.63) is 107 Å². The van der Waals surface area contributed by atoms with E-state index in [1.807, 2.05) is 72.8 Å². The zero-order chi connectivity index (χ0) is 20.5. The summed E-state index contributed by atoms with van der Waals surface area (Å²) in [6.45, 7) is 1.79. The van der Waals surface area contributed by atoms with Gasteiger partial charge in [0.25, 0.3) is 0 Å². The van der Waals surface area contributed by atoms with E-state index in [9.17, 15) is 0 Å². The fraction of sp³-hybridized carbons (Fsp3) is 0.0370. The first-order valence-corrected chi connectivity index (χ1v) is 9.48. The predicted molar refractivity (Wildman–Crippen MR) is 122 cm³/mol. The standard InChI is InChI=1S/C15H11ClO.C12H8/c1-2-6-12-9-10-15(14(16)11-12)17-13-7-4-3-5-8-13;1-2-10-7-5-8-11-6-3-4-9-12(10)11/h3-5,7-11H,1H3;1,3-9H. The lowest BCUT2D eigenvalue weighted by molar-refractivity contribution is 0.483. The third kappa shape index (κ3) is 5.43. The van der Waals surface area contributed by atoms with Crippen LogP contribution in [0.1, 0.15) is 18.1 Å². The van der Waals surface area contributed by atoms with E-state index in [0.717, 1.165) is 22.3 Å². The zero-order valence-electron chi connectivity index (χ0n) is 16.0. The number of halogens is 1. The van der Waals surface area contributed by atoms with Crippen molar-refractivity contribution in [2.24, 2.45) is 0 Å². The molecule has 0 N–H and O–H groups in total. The first-order valence-electron chi connectivity index (χ1n) is 9.11. The van der Waals surface area contributed by atoms with Crippen molar-refractivity contribution in [1.82, 2.24) is 0 Å². The average Bonchev–Trinajstić information content (AvgIpc) is 2.77. The Hall–Kier alpha value is -3.65. The SMILES string of the molecule is C#Cc1cccc2ccccc12.CC#Cc1ccc(Oc2ccccc2)c(Cl)c1. The quantitative estimate of drug-likeness (QED) is 0.323. The molecular formula is C27H19ClO. The fourth-order valence-electron chi connectivity index (χ4n) is 2.77. The smallest absolute Gasteiger partial charge is 0.146 e. The van der Waals surface area contributed by atoms with Crippen molar-refractivity contribution in [2.75, 3.05) is 0 Å². The minimum Gasteiger partial charge on any atom is -0.456 e. The summed E-state index contributed by atoms with van der Waals surface area (Å²) in [5, 5.41) is 2.92. The third-order valence-corrected chi connectivity index (χ3v) is 4.41. The molecule has 0 aliphatic heterocycles. The van der Waals surface area contributed by atoms with Gasteiger partial charge in [-0.05, 0) is 54.1 Å². The van der Waals surface area contributed by atoms with E-state index in [1.165, 1.54) is 5.39 Å². The molecule has 2 heteroatoms. The molecule has 0 saturated heterocycles. The van der Waals surface area contributed by atoms with Gasteiger partial charge >= 0.3 is 0 Å². The average molecular weight is 395 g/mol. The first-order chi connectivity index (χ1) is 14.2. The zero-order valence-corrected chi connectivity index (χ0v) is 16.8. The second-order valence-electron chi connectivity index (χ2n) is 6.11. The third-order valence-electron chi connectivity index (χ3n) is 4.12. The molecular weight excluding hydrogens is 376 g/mol. The Kier molecular flexibility index (Phi) is 6.96. The normalized spacial score (nSPS) is 9.41. The number of para-hydroxylation sites is 1. The molecule has 0 heterocycles. The van der Waals surface area contributed by atoms with Crippen molar-refractivity contribution in [2.45, 2.75) is 6.92 Å². The molecule has 0 aromatic heterocycles. The predicted octanol–water partition coefficient (Wildman–Crippen LogP) is 7.32. The van der Waals surface area contributed by atoms with Crippen molar-refractivity contribution >= 4 is 22.4 Å². The Balaban J connectivity index is 0.000000176. The topological polar surface area (TPSA) is 9.23 Å². The second-order valence-corrected chi connectivity index (χ2v) is 6.51. The van der Waals surface area contributed by atoms with E-state index in [-0.39, 0.29) is 0 Å². The van der Waals surface area contributed by atoms with Crippen molar-refractivity contribution in [1.29, 1.82) is 0 Å². The number of terminal acetylenes is 1. The number of hydrogen-bond donors (Lipinski definition) is 0. The molecule has 140 valence electrons. The maximum atomic E-state index is 6.12. The van der Waals surface area contributed by atoms with Gasteiger partial charge in [0.1, 0.15) is 11.5 Å². The van der Waals surface area contributed by atoms with Crippen molar-refractivity contribution in [3.63, 3.8) is 0 Å². The molecule has 4 aromatic carbocycles. The van der Waals surface area contributed by atoms with Gasteiger partial charge in [-0.1, -0.05) is 78.0 Å². The molecule has 0 saturated carbocycles. The number of ether oxygens (including phenoxy) is 1. The summed E-state index contributed by atoms with van der Waals surface area (Å²) in [5.41, 5.74) is 1.85. The summed E-state index contributed by atoms with van der Waals surface area (Å²) in [7, 11) is 0. The van der Waals surface area contributed by atoms with Crippen LogP contribution in [0, 0.1) is 24.2 Å². The van der Waals surface area contributed by atoms with Gasteiger partial charge in [-0.2, -0.15) is 0 Å². The Bertz CT molecular complexity index is 1200. The molecule has 4 rings (SSSR count). The van der Waals surface area contributed by atoms with Gasteiger partial charge in [0, 0.05) is 11.1 Å². The van der Waals surface area contributed by atoms with Gasteiger partial charge in [-0.15, -0.1) is 12.3 Å². The summed E-state index contributed by atoms with van der Waals surface area (Å²) in [6.07, 6.45) is 5.37. The lowest BCUT2D eigenvalue weighted by atomic mass is 10.1. The lowest BCUT2D eigenvalue weighted by Crippen LogP contribution is -1.85. The lowest BCUT2D eigenvalue weighted by Gasteiger charge is -2.07. The summed E-state index contributed by atoms with van der Waals surface area (Å²) in [5.74, 6) is 9.86. The Morgan fingerprint density at radius 2 is 1.55 bits per heavy atom. The second kappa shape index (κ2) is 10.0. The summed E-state index contributed by atoms with van der Waals surface area (Å²) >= 11 is 6.12. The maximum Gasteiger partial charge on any atom is 0.146 e. The van der Waals surface area contributed by atoms with E-state index in [1.54, 1.807) is 13.0 Å². The minimum atomic E-state index is 0.564. The number of rotatable bonds is 2. The Morgan fingerprint density at radius 3 is 2.28 bits per heavy atom. The van der Waals surface area contributed by atoms with Gasteiger partial charge in [-0.3, -0.25) is 0 Å². The van der Waals surface area contributed by atoms with Crippen LogP contribution >= 0.6 is 11.6 Å². The van der Waals surface area contributed by atoms with Crippen LogP contribution in [-0.4, -0.2) is 0 Å². The van der Waals surface area contributed by atoms with Crippen LogP contribution in [0.3, 0.4) is 0 Å². The number of benzene rings is 4. The summed E-state index contributed by atoms with van der Waals surface area (Å²) < 4.78 is 5.66. The molecule has 0 fully saturated rings. The number of hydrogen-bond acceptors (Lipinski definition) is 1. The largest absolute Gasteiger partial charge is 0.456 e. The van der Waals surface area contributed by atoms with Crippen molar-refractivity contribution < 1.29 is 4.74 Å². The van der Waals surface area contributed by atoms with Gasteiger partial charge in [0.05, 0.1) is 5.02 Å². The first kappa shape index (κ1) is 20.1. The molecule has 0 spiro atoms. The monoisotopic (exact) mass is 394 g/mol. The molecule has 4 aromatic rings. The molecule has 0 aliphatic rings. The molecule has 0 radical (unpaired) electrons. The van der Waals surface area contributed by atoms with Crippen LogP contribution in [0.4, 0.5) is 0 Å². The van der Waals surface area contributed by atoms with E-state index in [0.29, 0.717) is 10.8 Å². The summed E-state index contributed by atoms with van der Waals surface area (Å²) in [6, 6.07) is 29.2. The van der Waals surface area contributed by atoms with Crippen LogP contribution in [0.25, 0.3) is 10.8 Å². The molecule has 1 nitrogen and oxygen atoms in total. The highest BCUT2D eigenvalue weighted by Gasteiger charge is 2.03. The molecule has 0 bridgehead atoms. The van der Waals surface area contributed by atoms with Gasteiger partial charge < -0.3 is 4.74 Å². The highest BCUT2D eigenvalue weighted by Crippen LogP contribution is 2.29. The fourth-order valence-corrected chi connectivity index (χ4v) is 2.99. The van der Waals surface area contributed by atoms with E-state index in [4.69, 9.17) is 22.8 Å². The highest BCUT2D eigenvalue weighted by atomic mass is 35.5. The van der Waals surface area contributed by atoms with E-state index in [2.05, 4.69) is 29.9 Å². The van der Waals surface area contributed by atoms with E-state index < -0.39 is 0 Å². The minimum absolute atomic E-state index is 0.564. The number of fused-ring (bicyclic) bond motifs is 1. The Morgan fingerprint density at radius 1 is 0.828 bits per heavy atom. The van der Waals surface area contributed by atoms with Gasteiger partial charge in [0.15, 0.2) is 0 Å². The van der Waals surface area contributed by atoms with Crippen LogP contribution < -0.4 is 4.74 Å². The van der Waals surface area contributed by atoms with Crippen LogP contribution in [0.5, 0.6) is 11.5 Å².